The van der Waals surface area contributed by atoms with Crippen LogP contribution in [0.5, 0.6) is 0 Å². The predicted molar refractivity (Wildman–Crippen MR) is 92.5 cm³/mol. The molecule has 0 radical (unpaired) electrons. The monoisotopic (exact) mass is 419 g/mol. The highest BCUT2D eigenvalue weighted by Crippen LogP contribution is 2.04. The van der Waals surface area contributed by atoms with Gasteiger partial charge in [0.25, 0.3) is 0 Å². The minimum atomic E-state index is -0.250. The molecule has 0 aliphatic rings. The lowest BCUT2D eigenvalue weighted by Gasteiger charge is -2.09. The first-order chi connectivity index (χ1) is 10.2. The number of nitrogens with one attached hydrogen (secondary N) is 2. The highest BCUT2D eigenvalue weighted by molar-refractivity contribution is 14.0. The van der Waals surface area contributed by atoms with Crippen molar-refractivity contribution in [3.8, 4) is 0 Å². The molecule has 0 fully saturated rings. The average molecular weight is 419 g/mol. The first-order valence-electron chi connectivity index (χ1n) is 6.73. The maximum Gasteiger partial charge on any atom is 0.223 e. The molecule has 1 aromatic carbocycles. The van der Waals surface area contributed by atoms with Crippen LogP contribution in [0.2, 0.25) is 0 Å². The van der Waals surface area contributed by atoms with Gasteiger partial charge in [-0.2, -0.15) is 4.98 Å². The van der Waals surface area contributed by atoms with E-state index < -0.39 is 0 Å². The van der Waals surface area contributed by atoms with E-state index in [1.54, 1.807) is 19.1 Å². The van der Waals surface area contributed by atoms with Crippen molar-refractivity contribution in [1.29, 1.82) is 0 Å². The largest absolute Gasteiger partial charge is 0.357 e. The van der Waals surface area contributed by atoms with Crippen LogP contribution < -0.4 is 10.6 Å². The summed E-state index contributed by atoms with van der Waals surface area (Å²) in [6.07, 6.45) is 0. The maximum absolute atomic E-state index is 12.8. The van der Waals surface area contributed by atoms with Gasteiger partial charge in [0.1, 0.15) is 5.82 Å². The van der Waals surface area contributed by atoms with Crippen molar-refractivity contribution in [3.05, 3.63) is 47.4 Å². The zero-order valence-corrected chi connectivity index (χ0v) is 14.8. The van der Waals surface area contributed by atoms with Gasteiger partial charge in [-0.1, -0.05) is 17.3 Å². The van der Waals surface area contributed by atoms with Gasteiger partial charge in [0, 0.05) is 13.5 Å². The van der Waals surface area contributed by atoms with E-state index >= 15 is 0 Å². The second-order valence-corrected chi connectivity index (χ2v) is 4.40. The first kappa shape index (κ1) is 18.3. The van der Waals surface area contributed by atoms with Gasteiger partial charge in [-0.3, -0.25) is 0 Å². The molecular weight excluding hydrogens is 400 g/mol. The smallest absolute Gasteiger partial charge is 0.223 e. The molecule has 0 saturated heterocycles. The second kappa shape index (κ2) is 9.34. The Balaban J connectivity index is 0.00000242. The number of aliphatic imine (C=N–C) groups is 1. The number of guanidine groups is 1. The van der Waals surface area contributed by atoms with Crippen LogP contribution in [-0.4, -0.2) is 22.6 Å². The molecule has 120 valence electrons. The van der Waals surface area contributed by atoms with Crippen LogP contribution in [0.3, 0.4) is 0 Å². The van der Waals surface area contributed by atoms with Crippen molar-refractivity contribution in [1.82, 2.24) is 20.8 Å². The molecule has 0 saturated carbocycles. The fraction of sp³-hybridized carbons (Fsp3) is 0.357. The van der Waals surface area contributed by atoms with Crippen LogP contribution in [0.1, 0.15) is 24.2 Å². The molecule has 2 aromatic rings. The van der Waals surface area contributed by atoms with Crippen LogP contribution in [0.4, 0.5) is 4.39 Å². The number of hydrogen-bond acceptors (Lipinski definition) is 4. The number of rotatable bonds is 5. The van der Waals surface area contributed by atoms with E-state index in [1.165, 1.54) is 12.1 Å². The number of aromatic nitrogens is 2. The Bertz CT molecular complexity index is 600. The molecule has 1 heterocycles. The molecule has 0 amide bonds. The summed E-state index contributed by atoms with van der Waals surface area (Å²) in [5, 5.41) is 10.0. The zero-order valence-electron chi connectivity index (χ0n) is 12.5. The third-order valence-electron chi connectivity index (χ3n) is 2.66. The van der Waals surface area contributed by atoms with E-state index in [1.807, 2.05) is 6.92 Å². The van der Waals surface area contributed by atoms with Gasteiger partial charge in [-0.15, -0.1) is 24.0 Å². The van der Waals surface area contributed by atoms with Crippen molar-refractivity contribution in [2.75, 3.05) is 6.54 Å². The first-order valence-corrected chi connectivity index (χ1v) is 6.73. The van der Waals surface area contributed by atoms with Crippen molar-refractivity contribution >= 4 is 29.9 Å². The molecule has 6 nitrogen and oxygen atoms in total. The van der Waals surface area contributed by atoms with Gasteiger partial charge < -0.3 is 15.2 Å². The molecule has 0 atom stereocenters. The number of benzene rings is 1. The quantitative estimate of drug-likeness (QED) is 0.442. The van der Waals surface area contributed by atoms with Crippen LogP contribution in [-0.2, 0) is 13.1 Å². The van der Waals surface area contributed by atoms with Crippen molar-refractivity contribution in [2.45, 2.75) is 26.9 Å². The summed E-state index contributed by atoms with van der Waals surface area (Å²) in [5.74, 6) is 1.49. The zero-order chi connectivity index (χ0) is 15.1. The number of aryl methyl sites for hydroxylation is 1. The number of halogens is 2. The van der Waals surface area contributed by atoms with Gasteiger partial charge in [0.05, 0.1) is 13.1 Å². The number of hydrogen-bond donors (Lipinski definition) is 2. The lowest BCUT2D eigenvalue weighted by atomic mass is 10.2. The topological polar surface area (TPSA) is 75.3 Å². The Morgan fingerprint density at radius 3 is 2.59 bits per heavy atom. The van der Waals surface area contributed by atoms with E-state index in [0.29, 0.717) is 30.8 Å². The van der Waals surface area contributed by atoms with Crippen LogP contribution in [0.15, 0.2) is 33.8 Å². The molecule has 2 N–H and O–H groups in total. The lowest BCUT2D eigenvalue weighted by molar-refractivity contribution is 0.387. The molecule has 1 aromatic heterocycles. The summed E-state index contributed by atoms with van der Waals surface area (Å²) in [6.45, 7) is 5.34. The summed E-state index contributed by atoms with van der Waals surface area (Å²) in [4.78, 5) is 8.53. The molecular formula is C14H19FIN5O. The van der Waals surface area contributed by atoms with E-state index in [9.17, 15) is 4.39 Å². The predicted octanol–water partition coefficient (Wildman–Crippen LogP) is 2.39. The Morgan fingerprint density at radius 1 is 1.27 bits per heavy atom. The average Bonchev–Trinajstić information content (AvgIpc) is 2.89. The van der Waals surface area contributed by atoms with Gasteiger partial charge in [-0.05, 0) is 24.6 Å². The minimum absolute atomic E-state index is 0. The molecule has 22 heavy (non-hydrogen) atoms. The molecule has 0 unspecified atom stereocenters. The molecule has 2 rings (SSSR count). The van der Waals surface area contributed by atoms with E-state index in [4.69, 9.17) is 4.52 Å². The van der Waals surface area contributed by atoms with Crippen LogP contribution >= 0.6 is 24.0 Å². The Kier molecular flexibility index (Phi) is 7.78. The minimum Gasteiger partial charge on any atom is -0.357 e. The number of nitrogens with zero attached hydrogens (tertiary/aromatic N) is 3. The van der Waals surface area contributed by atoms with E-state index in [2.05, 4.69) is 25.8 Å². The normalized spacial score (nSPS) is 11.0. The Hall–Kier alpha value is -1.71. The summed E-state index contributed by atoms with van der Waals surface area (Å²) in [5.41, 5.74) is 0.934. The third-order valence-corrected chi connectivity index (χ3v) is 2.66. The maximum atomic E-state index is 12.8. The second-order valence-electron chi connectivity index (χ2n) is 4.40. The Labute approximate surface area is 145 Å². The molecule has 0 spiro atoms. The highest BCUT2D eigenvalue weighted by atomic mass is 127. The molecule has 0 bridgehead atoms. The lowest BCUT2D eigenvalue weighted by Crippen LogP contribution is -2.37. The van der Waals surface area contributed by atoms with Crippen molar-refractivity contribution in [2.24, 2.45) is 4.99 Å². The van der Waals surface area contributed by atoms with Crippen LogP contribution in [0.25, 0.3) is 0 Å². The standard InChI is InChI=1S/C14H18FN5O.HI/c1-3-16-14(18-9-13-19-10(2)21-20-13)17-8-11-4-6-12(15)7-5-11;/h4-7H,3,8-9H2,1-2H3,(H2,16,17,18);1H. The third kappa shape index (κ3) is 5.96. The van der Waals surface area contributed by atoms with Gasteiger partial charge in [-0.25, -0.2) is 9.38 Å². The fourth-order valence-corrected chi connectivity index (χ4v) is 1.68. The molecule has 0 aliphatic heterocycles. The highest BCUT2D eigenvalue weighted by Gasteiger charge is 2.03. The Morgan fingerprint density at radius 2 is 2.00 bits per heavy atom. The van der Waals surface area contributed by atoms with Gasteiger partial charge in [0.2, 0.25) is 5.89 Å². The van der Waals surface area contributed by atoms with E-state index in [-0.39, 0.29) is 29.8 Å². The van der Waals surface area contributed by atoms with Crippen molar-refractivity contribution < 1.29 is 8.91 Å². The SMILES string of the molecule is CCNC(=NCc1ccc(F)cc1)NCc1noc(C)n1.I. The fourth-order valence-electron chi connectivity index (χ4n) is 1.68. The van der Waals surface area contributed by atoms with Gasteiger partial charge >= 0.3 is 0 Å². The molecule has 8 heteroatoms. The van der Waals surface area contributed by atoms with Crippen LogP contribution in [0, 0.1) is 12.7 Å². The summed E-state index contributed by atoms with van der Waals surface area (Å²) in [7, 11) is 0. The van der Waals surface area contributed by atoms with E-state index in [0.717, 1.165) is 12.1 Å². The summed E-state index contributed by atoms with van der Waals surface area (Å²) < 4.78 is 17.7. The summed E-state index contributed by atoms with van der Waals surface area (Å²) >= 11 is 0. The molecule has 0 aliphatic carbocycles. The van der Waals surface area contributed by atoms with Crippen molar-refractivity contribution in [3.63, 3.8) is 0 Å². The summed E-state index contributed by atoms with van der Waals surface area (Å²) in [6, 6.07) is 6.27. The van der Waals surface area contributed by atoms with Gasteiger partial charge in [0.15, 0.2) is 11.8 Å².